The minimum absolute atomic E-state index is 0.141. The molecule has 3 heterocycles. The second-order valence-corrected chi connectivity index (χ2v) is 23.0. The predicted molar refractivity (Wildman–Crippen MR) is 228 cm³/mol. The Labute approximate surface area is 390 Å². The molecule has 8 aliphatic rings. The van der Waals surface area contributed by atoms with Crippen molar-refractivity contribution in [1.29, 1.82) is 0 Å². The van der Waals surface area contributed by atoms with E-state index in [-0.39, 0.29) is 30.6 Å². The number of aliphatic hydroxyl groups is 13. The third-order valence-electron chi connectivity index (χ3n) is 19.1. The third-order valence-corrected chi connectivity index (χ3v) is 19.1. The van der Waals surface area contributed by atoms with Crippen LogP contribution < -0.4 is 0 Å². The molecule has 7 fully saturated rings. The number of carbonyl (C=O) groups is 1. The lowest BCUT2D eigenvalue weighted by Crippen LogP contribution is -2.71. The number of rotatable bonds is 9. The minimum atomic E-state index is -1.78. The fraction of sp³-hybridized carbons (Fsp3) is 0.936. The van der Waals surface area contributed by atoms with Crippen LogP contribution in [0.2, 0.25) is 0 Å². The molecule has 0 aromatic heterocycles. The fourth-order valence-electron chi connectivity index (χ4n) is 15.0. The number of aliphatic hydroxyl groups excluding tert-OH is 13. The molecule has 20 heteroatoms. The standard InChI is InChI=1S/C47H76O20/c1-20-29(54)32(57)34(59)38(63-20)65-36-30(55)24(52)17-62-40(36)67-41(61)47-12-11-42(2,3)13-22(47)21-7-8-26-43(4)14-23(51)37(66-39-35(60)33(58)31(56)25(16-48)64-39)46(18-49,19-50)27(43)9-10-44(26,5)45(21,6)15-28(47)53/h7,20,22-40,48-60H,8-19H2,1-6H3. The summed E-state index contributed by atoms with van der Waals surface area (Å²) in [4.78, 5) is 15.1. The van der Waals surface area contributed by atoms with E-state index in [9.17, 15) is 66.4 Å². The number of fused-ring (bicyclic) bond motifs is 7. The Hall–Kier alpha value is -1.51. The summed E-state index contributed by atoms with van der Waals surface area (Å²) in [5.74, 6) is -1.99. The highest BCUT2D eigenvalue weighted by Gasteiger charge is 2.73. The van der Waals surface area contributed by atoms with Gasteiger partial charge in [0.25, 0.3) is 0 Å². The van der Waals surface area contributed by atoms with Crippen molar-refractivity contribution in [3.05, 3.63) is 11.6 Å². The topological polar surface area (TPSA) is 335 Å². The van der Waals surface area contributed by atoms with Crippen molar-refractivity contribution in [3.63, 3.8) is 0 Å². The summed E-state index contributed by atoms with van der Waals surface area (Å²) in [6, 6.07) is 0. The van der Waals surface area contributed by atoms with E-state index in [1.54, 1.807) is 0 Å². The van der Waals surface area contributed by atoms with Crippen LogP contribution in [0, 0.1) is 50.2 Å². The maximum Gasteiger partial charge on any atom is 0.317 e. The molecule has 20 nitrogen and oxygen atoms in total. The number of ether oxygens (including phenoxy) is 6. The van der Waals surface area contributed by atoms with E-state index in [0.717, 1.165) is 5.57 Å². The van der Waals surface area contributed by atoms with E-state index in [1.807, 2.05) is 0 Å². The Bertz CT molecular complexity index is 1830. The molecule has 8 rings (SSSR count). The molecule has 0 spiro atoms. The van der Waals surface area contributed by atoms with Gasteiger partial charge in [0, 0.05) is 5.41 Å². The summed E-state index contributed by atoms with van der Waals surface area (Å²) in [6.07, 6.45) is -20.7. The zero-order valence-corrected chi connectivity index (χ0v) is 39.3. The van der Waals surface area contributed by atoms with Crippen LogP contribution >= 0.6 is 0 Å². The highest BCUT2D eigenvalue weighted by Crippen LogP contribution is 2.76. The van der Waals surface area contributed by atoms with E-state index in [0.29, 0.717) is 32.1 Å². The number of carbonyl (C=O) groups excluding carboxylic acids is 1. The van der Waals surface area contributed by atoms with Crippen LogP contribution in [0.25, 0.3) is 0 Å². The Morgan fingerprint density at radius 1 is 0.701 bits per heavy atom. The van der Waals surface area contributed by atoms with Gasteiger partial charge >= 0.3 is 5.97 Å². The molecule has 0 amide bonds. The molecule has 4 saturated carbocycles. The van der Waals surface area contributed by atoms with Gasteiger partial charge in [0.05, 0.1) is 50.8 Å². The van der Waals surface area contributed by atoms with E-state index < -0.39 is 176 Å². The van der Waals surface area contributed by atoms with Gasteiger partial charge in [0.1, 0.15) is 60.4 Å². The smallest absolute Gasteiger partial charge is 0.317 e. The van der Waals surface area contributed by atoms with Gasteiger partial charge in [-0.1, -0.05) is 46.3 Å². The van der Waals surface area contributed by atoms with Gasteiger partial charge in [-0.25, -0.2) is 0 Å². The Kier molecular flexibility index (Phi) is 14.1. The molecule has 13 N–H and O–H groups in total. The van der Waals surface area contributed by atoms with Gasteiger partial charge in [-0.15, -0.1) is 0 Å². The van der Waals surface area contributed by atoms with Crippen molar-refractivity contribution < 1.29 is 99.6 Å². The largest absolute Gasteiger partial charge is 0.432 e. The summed E-state index contributed by atoms with van der Waals surface area (Å²) >= 11 is 0. The summed E-state index contributed by atoms with van der Waals surface area (Å²) in [5.41, 5.74) is -4.33. The number of esters is 1. The molecule has 384 valence electrons. The van der Waals surface area contributed by atoms with Crippen LogP contribution in [0.1, 0.15) is 92.9 Å². The van der Waals surface area contributed by atoms with Crippen LogP contribution in [-0.4, -0.2) is 203 Å². The van der Waals surface area contributed by atoms with E-state index in [2.05, 4.69) is 40.7 Å². The van der Waals surface area contributed by atoms with Crippen molar-refractivity contribution in [2.45, 2.75) is 197 Å². The Balaban J connectivity index is 1.10. The van der Waals surface area contributed by atoms with Crippen molar-refractivity contribution in [2.24, 2.45) is 50.2 Å². The quantitative estimate of drug-likeness (QED) is 0.0656. The fourth-order valence-corrected chi connectivity index (χ4v) is 15.0. The van der Waals surface area contributed by atoms with Crippen LogP contribution in [0.15, 0.2) is 11.6 Å². The first-order valence-corrected chi connectivity index (χ1v) is 24.1. The summed E-state index contributed by atoms with van der Waals surface area (Å²) in [6.45, 7) is 9.66. The van der Waals surface area contributed by atoms with Crippen molar-refractivity contribution in [1.82, 2.24) is 0 Å². The van der Waals surface area contributed by atoms with Gasteiger partial charge in [-0.2, -0.15) is 0 Å². The molecular weight excluding hydrogens is 884 g/mol. The van der Waals surface area contributed by atoms with Gasteiger partial charge in [-0.3, -0.25) is 4.79 Å². The first-order chi connectivity index (χ1) is 31.3. The molecule has 0 aromatic rings. The lowest BCUT2D eigenvalue weighted by atomic mass is 9.33. The van der Waals surface area contributed by atoms with Crippen molar-refractivity contribution >= 4 is 5.97 Å². The van der Waals surface area contributed by atoms with Crippen LogP contribution in [0.5, 0.6) is 0 Å². The normalized spacial score (nSPS) is 53.8. The van der Waals surface area contributed by atoms with E-state index in [4.69, 9.17) is 28.4 Å². The highest BCUT2D eigenvalue weighted by molar-refractivity contribution is 5.80. The molecule has 24 unspecified atom stereocenters. The highest BCUT2D eigenvalue weighted by atomic mass is 16.8. The first kappa shape index (κ1) is 51.8. The monoisotopic (exact) mass is 960 g/mol. The molecule has 24 atom stereocenters. The Morgan fingerprint density at radius 2 is 1.34 bits per heavy atom. The zero-order valence-electron chi connectivity index (χ0n) is 39.3. The van der Waals surface area contributed by atoms with Crippen LogP contribution in [-0.2, 0) is 33.2 Å². The summed E-state index contributed by atoms with van der Waals surface area (Å²) in [7, 11) is 0. The second-order valence-electron chi connectivity index (χ2n) is 23.0. The zero-order chi connectivity index (χ0) is 49.1. The summed E-state index contributed by atoms with van der Waals surface area (Å²) in [5, 5.41) is 142. The van der Waals surface area contributed by atoms with Crippen LogP contribution in [0.3, 0.4) is 0 Å². The maximum absolute atomic E-state index is 15.1. The average molecular weight is 961 g/mol. The molecule has 5 aliphatic carbocycles. The molecule has 0 radical (unpaired) electrons. The number of hydrogen-bond donors (Lipinski definition) is 13. The lowest BCUT2D eigenvalue weighted by molar-refractivity contribution is -0.351. The van der Waals surface area contributed by atoms with Gasteiger partial charge in [-0.05, 0) is 97.7 Å². The first-order valence-electron chi connectivity index (χ1n) is 24.1. The SMILES string of the molecule is CC1OC(OC2C(OC(=O)C34CCC(C)(C)CC3C3=CCC5C6(C)CC(O)C(OC7OC(CO)C(O)C(O)C7O)C(CO)(CO)C6CCC5(C)C3(C)CC4O)OCC(O)C2O)C(O)C(O)C1O. The molecule has 3 aliphatic heterocycles. The molecule has 0 aromatic carbocycles. The molecule has 0 bridgehead atoms. The minimum Gasteiger partial charge on any atom is -0.432 e. The van der Waals surface area contributed by atoms with Crippen molar-refractivity contribution in [2.75, 3.05) is 26.4 Å². The lowest BCUT2D eigenvalue weighted by Gasteiger charge is -2.72. The van der Waals surface area contributed by atoms with Crippen LogP contribution in [0.4, 0.5) is 0 Å². The molecule has 3 saturated heterocycles. The van der Waals surface area contributed by atoms with Gasteiger partial charge in [0.2, 0.25) is 6.29 Å². The average Bonchev–Trinajstić information content (AvgIpc) is 3.27. The predicted octanol–water partition coefficient (Wildman–Crippen LogP) is -2.31. The summed E-state index contributed by atoms with van der Waals surface area (Å²) < 4.78 is 35.4. The Morgan fingerprint density at radius 3 is 1.99 bits per heavy atom. The van der Waals surface area contributed by atoms with Gasteiger partial charge < -0.3 is 94.8 Å². The van der Waals surface area contributed by atoms with Crippen molar-refractivity contribution in [3.8, 4) is 0 Å². The number of hydrogen-bond acceptors (Lipinski definition) is 20. The third kappa shape index (κ3) is 7.82. The number of allylic oxidation sites excluding steroid dienone is 2. The maximum atomic E-state index is 15.1. The molecular formula is C47H76O20. The van der Waals surface area contributed by atoms with E-state index in [1.165, 1.54) is 6.92 Å². The van der Waals surface area contributed by atoms with E-state index >= 15 is 4.79 Å². The second kappa shape index (κ2) is 18.2. The van der Waals surface area contributed by atoms with Gasteiger partial charge in [0.15, 0.2) is 18.7 Å². The molecule has 67 heavy (non-hydrogen) atoms.